The molecule has 1 rings (SSSR count). The SMILES string of the molecule is CCCC(=O)O[C@H]1CCC=C1C. The van der Waals surface area contributed by atoms with Crippen LogP contribution in [0.4, 0.5) is 0 Å². The van der Waals surface area contributed by atoms with Crippen molar-refractivity contribution >= 4 is 5.97 Å². The lowest BCUT2D eigenvalue weighted by atomic mass is 10.2. The molecule has 0 unspecified atom stereocenters. The summed E-state index contributed by atoms with van der Waals surface area (Å²) in [6, 6.07) is 0. The van der Waals surface area contributed by atoms with Crippen molar-refractivity contribution in [3.05, 3.63) is 11.6 Å². The predicted octanol–water partition coefficient (Wildman–Crippen LogP) is 2.44. The maximum atomic E-state index is 11.1. The van der Waals surface area contributed by atoms with Gasteiger partial charge in [0.05, 0.1) is 0 Å². The van der Waals surface area contributed by atoms with Gasteiger partial charge in [0, 0.05) is 6.42 Å². The first-order valence-electron chi connectivity index (χ1n) is 4.60. The molecule has 0 aromatic carbocycles. The van der Waals surface area contributed by atoms with Crippen LogP contribution in [0.5, 0.6) is 0 Å². The van der Waals surface area contributed by atoms with Crippen molar-refractivity contribution in [3.63, 3.8) is 0 Å². The lowest BCUT2D eigenvalue weighted by molar-refractivity contribution is -0.147. The maximum Gasteiger partial charge on any atom is 0.306 e. The van der Waals surface area contributed by atoms with Crippen LogP contribution in [-0.4, -0.2) is 12.1 Å². The van der Waals surface area contributed by atoms with Gasteiger partial charge in [0.1, 0.15) is 6.10 Å². The lowest BCUT2D eigenvalue weighted by Crippen LogP contribution is -2.16. The third kappa shape index (κ3) is 2.36. The number of allylic oxidation sites excluding steroid dienone is 1. The molecule has 0 radical (unpaired) electrons. The molecule has 68 valence electrons. The number of carbonyl (C=O) groups excluding carboxylic acids is 1. The minimum atomic E-state index is -0.0582. The zero-order valence-electron chi connectivity index (χ0n) is 7.80. The van der Waals surface area contributed by atoms with E-state index in [4.69, 9.17) is 4.74 Å². The molecule has 0 aliphatic heterocycles. The van der Waals surface area contributed by atoms with Gasteiger partial charge in [0.2, 0.25) is 0 Å². The normalized spacial score (nSPS) is 22.2. The fraction of sp³-hybridized carbons (Fsp3) is 0.700. The Kier molecular flexibility index (Phi) is 3.32. The molecule has 1 aliphatic rings. The van der Waals surface area contributed by atoms with Crippen LogP contribution in [0, 0.1) is 0 Å². The molecule has 0 aromatic rings. The Labute approximate surface area is 73.6 Å². The third-order valence-electron chi connectivity index (χ3n) is 2.13. The number of esters is 1. The van der Waals surface area contributed by atoms with Gasteiger partial charge in [0.15, 0.2) is 0 Å². The van der Waals surface area contributed by atoms with E-state index in [9.17, 15) is 4.79 Å². The summed E-state index contributed by atoms with van der Waals surface area (Å²) >= 11 is 0. The molecular weight excluding hydrogens is 152 g/mol. The summed E-state index contributed by atoms with van der Waals surface area (Å²) in [5.41, 5.74) is 1.21. The van der Waals surface area contributed by atoms with Gasteiger partial charge < -0.3 is 4.74 Å². The summed E-state index contributed by atoms with van der Waals surface area (Å²) < 4.78 is 5.26. The molecule has 2 heteroatoms. The van der Waals surface area contributed by atoms with Crippen molar-refractivity contribution in [3.8, 4) is 0 Å². The van der Waals surface area contributed by atoms with Crippen molar-refractivity contribution in [1.29, 1.82) is 0 Å². The minimum absolute atomic E-state index is 0.0582. The van der Waals surface area contributed by atoms with E-state index in [0.29, 0.717) is 6.42 Å². The van der Waals surface area contributed by atoms with Crippen molar-refractivity contribution in [2.45, 2.75) is 45.6 Å². The molecular formula is C10H16O2. The number of carbonyl (C=O) groups is 1. The molecule has 0 aromatic heterocycles. The molecule has 0 amide bonds. The van der Waals surface area contributed by atoms with Crippen molar-refractivity contribution in [1.82, 2.24) is 0 Å². The second-order valence-corrected chi connectivity index (χ2v) is 3.25. The first-order valence-corrected chi connectivity index (χ1v) is 4.60. The summed E-state index contributed by atoms with van der Waals surface area (Å²) in [4.78, 5) is 11.1. The third-order valence-corrected chi connectivity index (χ3v) is 2.13. The first-order chi connectivity index (χ1) is 5.74. The van der Waals surface area contributed by atoms with Crippen LogP contribution in [-0.2, 0) is 9.53 Å². The van der Waals surface area contributed by atoms with Crippen molar-refractivity contribution < 1.29 is 9.53 Å². The smallest absolute Gasteiger partial charge is 0.306 e. The molecule has 0 saturated carbocycles. The second-order valence-electron chi connectivity index (χ2n) is 3.25. The van der Waals surface area contributed by atoms with Crippen LogP contribution in [0.3, 0.4) is 0 Å². The van der Waals surface area contributed by atoms with Crippen LogP contribution >= 0.6 is 0 Å². The number of hydrogen-bond acceptors (Lipinski definition) is 2. The molecule has 0 heterocycles. The molecule has 0 fully saturated rings. The number of hydrogen-bond donors (Lipinski definition) is 0. The van der Waals surface area contributed by atoms with E-state index < -0.39 is 0 Å². The van der Waals surface area contributed by atoms with Crippen molar-refractivity contribution in [2.75, 3.05) is 0 Å². The fourth-order valence-corrected chi connectivity index (χ4v) is 1.40. The molecule has 0 spiro atoms. The van der Waals surface area contributed by atoms with E-state index in [-0.39, 0.29) is 12.1 Å². The van der Waals surface area contributed by atoms with Crippen LogP contribution in [0.2, 0.25) is 0 Å². The van der Waals surface area contributed by atoms with Gasteiger partial charge in [0.25, 0.3) is 0 Å². The van der Waals surface area contributed by atoms with Gasteiger partial charge >= 0.3 is 5.97 Å². The highest BCUT2D eigenvalue weighted by Gasteiger charge is 2.18. The van der Waals surface area contributed by atoms with Crippen LogP contribution in [0.25, 0.3) is 0 Å². The predicted molar refractivity (Wildman–Crippen MR) is 47.8 cm³/mol. The zero-order chi connectivity index (χ0) is 8.97. The van der Waals surface area contributed by atoms with Crippen LogP contribution in [0.15, 0.2) is 11.6 Å². The molecule has 0 saturated heterocycles. The van der Waals surface area contributed by atoms with Crippen LogP contribution in [0.1, 0.15) is 39.5 Å². The van der Waals surface area contributed by atoms with Gasteiger partial charge in [-0.1, -0.05) is 13.0 Å². The lowest BCUT2D eigenvalue weighted by Gasteiger charge is -2.12. The summed E-state index contributed by atoms with van der Waals surface area (Å²) in [5.74, 6) is -0.0582. The Hall–Kier alpha value is -0.790. The van der Waals surface area contributed by atoms with E-state index in [1.807, 2.05) is 13.8 Å². The van der Waals surface area contributed by atoms with E-state index >= 15 is 0 Å². The minimum Gasteiger partial charge on any atom is -0.458 e. The topological polar surface area (TPSA) is 26.3 Å². The summed E-state index contributed by atoms with van der Waals surface area (Å²) in [7, 11) is 0. The first kappa shape index (κ1) is 9.30. The highest BCUT2D eigenvalue weighted by Crippen LogP contribution is 2.21. The van der Waals surface area contributed by atoms with Crippen molar-refractivity contribution in [2.24, 2.45) is 0 Å². The summed E-state index contributed by atoms with van der Waals surface area (Å²) in [6.07, 6.45) is 5.66. The van der Waals surface area contributed by atoms with E-state index in [0.717, 1.165) is 19.3 Å². The van der Waals surface area contributed by atoms with Gasteiger partial charge in [-0.25, -0.2) is 0 Å². The van der Waals surface area contributed by atoms with E-state index in [1.165, 1.54) is 5.57 Å². The fourth-order valence-electron chi connectivity index (χ4n) is 1.40. The standard InChI is InChI=1S/C10H16O2/c1-3-5-10(11)12-9-7-4-6-8(9)2/h6,9H,3-5,7H2,1-2H3/t9-/m0/s1. The highest BCUT2D eigenvalue weighted by atomic mass is 16.5. The Morgan fingerprint density at radius 1 is 1.75 bits per heavy atom. The zero-order valence-corrected chi connectivity index (χ0v) is 7.80. The summed E-state index contributed by atoms with van der Waals surface area (Å²) in [6.45, 7) is 4.01. The number of ether oxygens (including phenoxy) is 1. The largest absolute Gasteiger partial charge is 0.458 e. The molecule has 2 nitrogen and oxygen atoms in total. The van der Waals surface area contributed by atoms with E-state index in [1.54, 1.807) is 0 Å². The summed E-state index contributed by atoms with van der Waals surface area (Å²) in [5, 5.41) is 0. The van der Waals surface area contributed by atoms with Gasteiger partial charge in [-0.15, -0.1) is 0 Å². The second kappa shape index (κ2) is 4.29. The Bertz CT molecular complexity index is 194. The maximum absolute atomic E-state index is 11.1. The Balaban J connectivity index is 2.31. The average Bonchev–Trinajstić information content (AvgIpc) is 2.37. The molecule has 0 N–H and O–H groups in total. The molecule has 12 heavy (non-hydrogen) atoms. The van der Waals surface area contributed by atoms with Crippen LogP contribution < -0.4 is 0 Å². The highest BCUT2D eigenvalue weighted by molar-refractivity contribution is 5.69. The monoisotopic (exact) mass is 168 g/mol. The number of rotatable bonds is 3. The van der Waals surface area contributed by atoms with Gasteiger partial charge in [-0.3, -0.25) is 4.79 Å². The Morgan fingerprint density at radius 3 is 3.00 bits per heavy atom. The average molecular weight is 168 g/mol. The van der Waals surface area contributed by atoms with Gasteiger partial charge in [-0.2, -0.15) is 0 Å². The quantitative estimate of drug-likeness (QED) is 0.478. The molecule has 1 aliphatic carbocycles. The molecule has 0 bridgehead atoms. The molecule has 1 atom stereocenters. The van der Waals surface area contributed by atoms with Gasteiger partial charge in [-0.05, 0) is 31.8 Å². The van der Waals surface area contributed by atoms with E-state index in [2.05, 4.69) is 6.08 Å². The Morgan fingerprint density at radius 2 is 2.50 bits per heavy atom.